The van der Waals surface area contributed by atoms with Gasteiger partial charge in [0.1, 0.15) is 0 Å². The van der Waals surface area contributed by atoms with Gasteiger partial charge in [-0.2, -0.15) is 0 Å². The van der Waals surface area contributed by atoms with Gasteiger partial charge in [0.25, 0.3) is 0 Å². The summed E-state index contributed by atoms with van der Waals surface area (Å²) in [5.41, 5.74) is 0.676. The molecule has 1 rings (SSSR count). The minimum Gasteiger partial charge on any atom is -0.479 e. The first kappa shape index (κ1) is 15.4. The summed E-state index contributed by atoms with van der Waals surface area (Å²) in [5, 5.41) is 26.3. The molecule has 0 spiro atoms. The Morgan fingerprint density at radius 2 is 1.65 bits per heavy atom. The number of ether oxygens (including phenoxy) is 1. The molecule has 0 heterocycles. The molecule has 0 aliphatic carbocycles. The largest absolute Gasteiger partial charge is 0.479 e. The number of esters is 1. The molecule has 2 atom stereocenters. The highest BCUT2D eigenvalue weighted by Gasteiger charge is 2.35. The molecule has 0 amide bonds. The third-order valence-electron chi connectivity index (χ3n) is 2.24. The van der Waals surface area contributed by atoms with Crippen LogP contribution in [0.1, 0.15) is 5.56 Å². The summed E-state index contributed by atoms with van der Waals surface area (Å²) in [6.45, 7) is 0. The lowest BCUT2D eigenvalue weighted by atomic mass is 10.2. The number of hydrogen-bond acceptors (Lipinski definition) is 5. The Hall–Kier alpha value is -2.67. The van der Waals surface area contributed by atoms with Crippen LogP contribution in [-0.2, 0) is 19.1 Å². The van der Waals surface area contributed by atoms with Crippen molar-refractivity contribution in [3.63, 3.8) is 0 Å². The summed E-state index contributed by atoms with van der Waals surface area (Å²) in [6.07, 6.45) is -2.18. The highest BCUT2D eigenvalue weighted by Crippen LogP contribution is 2.05. The summed E-state index contributed by atoms with van der Waals surface area (Å²) in [4.78, 5) is 32.6. The molecule has 0 aliphatic rings. The molecular formula is C13H12O7. The van der Waals surface area contributed by atoms with Gasteiger partial charge in [0.2, 0.25) is 6.10 Å². The van der Waals surface area contributed by atoms with Gasteiger partial charge in [0, 0.05) is 6.08 Å². The van der Waals surface area contributed by atoms with Gasteiger partial charge in [-0.25, -0.2) is 14.4 Å². The Kier molecular flexibility index (Phi) is 5.42. The highest BCUT2D eigenvalue weighted by molar-refractivity contribution is 5.91. The van der Waals surface area contributed by atoms with Gasteiger partial charge >= 0.3 is 17.9 Å². The summed E-state index contributed by atoms with van der Waals surface area (Å²) in [7, 11) is 0. The molecule has 1 aromatic carbocycles. The van der Waals surface area contributed by atoms with Crippen LogP contribution in [0, 0.1) is 0 Å². The minimum absolute atomic E-state index is 0.676. The molecule has 0 unspecified atom stereocenters. The number of rotatable bonds is 6. The van der Waals surface area contributed by atoms with E-state index in [-0.39, 0.29) is 0 Å². The number of aliphatic hydroxyl groups excluding tert-OH is 1. The Morgan fingerprint density at radius 1 is 1.05 bits per heavy atom. The Bertz CT molecular complexity index is 521. The maximum Gasteiger partial charge on any atom is 0.348 e. The Balaban J connectivity index is 2.70. The van der Waals surface area contributed by atoms with Crippen LogP contribution in [-0.4, -0.2) is 45.4 Å². The molecule has 0 radical (unpaired) electrons. The van der Waals surface area contributed by atoms with Gasteiger partial charge in [0.15, 0.2) is 6.10 Å². The smallest absolute Gasteiger partial charge is 0.348 e. The number of carbonyl (C=O) groups is 3. The number of carboxylic acids is 2. The molecule has 1 aromatic rings. The average molecular weight is 280 g/mol. The van der Waals surface area contributed by atoms with Crippen molar-refractivity contribution < 1.29 is 34.4 Å². The fourth-order valence-corrected chi connectivity index (χ4v) is 1.27. The summed E-state index contributed by atoms with van der Waals surface area (Å²) in [6, 6.07) is 8.65. The van der Waals surface area contributed by atoms with Crippen LogP contribution < -0.4 is 0 Å². The van der Waals surface area contributed by atoms with E-state index < -0.39 is 30.1 Å². The number of hydrogen-bond donors (Lipinski definition) is 3. The predicted molar refractivity (Wildman–Crippen MR) is 66.6 cm³/mol. The standard InChI is InChI=1S/C13H12O7/c14-9(7-6-8-4-2-1-3-5-8)20-11(13(18)19)10(15)12(16)17/h1-7,10-11,15H,(H,16,17)(H,18,19)/t10-,11-/m0/s1. The molecule has 106 valence electrons. The lowest BCUT2D eigenvalue weighted by Gasteiger charge is -2.15. The van der Waals surface area contributed by atoms with Crippen molar-refractivity contribution in [2.75, 3.05) is 0 Å². The van der Waals surface area contributed by atoms with E-state index in [1.807, 2.05) is 0 Å². The van der Waals surface area contributed by atoms with E-state index in [0.717, 1.165) is 6.08 Å². The van der Waals surface area contributed by atoms with Crippen molar-refractivity contribution in [2.24, 2.45) is 0 Å². The second kappa shape index (κ2) is 7.05. The van der Waals surface area contributed by atoms with Crippen molar-refractivity contribution in [1.82, 2.24) is 0 Å². The summed E-state index contributed by atoms with van der Waals surface area (Å²) >= 11 is 0. The van der Waals surface area contributed by atoms with Gasteiger partial charge < -0.3 is 20.1 Å². The Labute approximate surface area is 113 Å². The monoisotopic (exact) mass is 280 g/mol. The molecule has 7 heteroatoms. The van der Waals surface area contributed by atoms with Gasteiger partial charge in [-0.1, -0.05) is 30.3 Å². The van der Waals surface area contributed by atoms with E-state index in [0.29, 0.717) is 5.56 Å². The molecule has 0 bridgehead atoms. The normalized spacial score (nSPS) is 13.7. The van der Waals surface area contributed by atoms with Crippen LogP contribution in [0.4, 0.5) is 0 Å². The van der Waals surface area contributed by atoms with Gasteiger partial charge in [-0.05, 0) is 11.6 Å². The van der Waals surface area contributed by atoms with Crippen LogP contribution in [0.5, 0.6) is 0 Å². The molecule has 7 nitrogen and oxygen atoms in total. The fourth-order valence-electron chi connectivity index (χ4n) is 1.27. The van der Waals surface area contributed by atoms with Crippen LogP contribution in [0.15, 0.2) is 36.4 Å². The quantitative estimate of drug-likeness (QED) is 0.500. The van der Waals surface area contributed by atoms with Gasteiger partial charge in [-0.15, -0.1) is 0 Å². The van der Waals surface area contributed by atoms with Crippen molar-refractivity contribution in [3.8, 4) is 0 Å². The summed E-state index contributed by atoms with van der Waals surface area (Å²) in [5.74, 6) is -4.61. The third-order valence-corrected chi connectivity index (χ3v) is 2.24. The molecule has 0 aromatic heterocycles. The van der Waals surface area contributed by atoms with Crippen molar-refractivity contribution in [3.05, 3.63) is 42.0 Å². The van der Waals surface area contributed by atoms with Gasteiger partial charge in [0.05, 0.1) is 0 Å². The zero-order chi connectivity index (χ0) is 15.1. The SMILES string of the molecule is O=C(C=Cc1ccccc1)O[C@H](C(=O)O)[C@H](O)C(=O)O. The molecule has 3 N–H and O–H groups in total. The zero-order valence-electron chi connectivity index (χ0n) is 10.2. The van der Waals surface area contributed by atoms with Crippen molar-refractivity contribution >= 4 is 24.0 Å². The lowest BCUT2D eigenvalue weighted by molar-refractivity contribution is -0.176. The van der Waals surface area contributed by atoms with Crippen LogP contribution in [0.3, 0.4) is 0 Å². The molecule has 20 heavy (non-hydrogen) atoms. The van der Waals surface area contributed by atoms with Crippen molar-refractivity contribution in [1.29, 1.82) is 0 Å². The third kappa shape index (κ3) is 4.54. The number of aliphatic hydroxyl groups is 1. The van der Waals surface area contributed by atoms with E-state index in [2.05, 4.69) is 4.74 Å². The maximum absolute atomic E-state index is 11.4. The zero-order valence-corrected chi connectivity index (χ0v) is 10.2. The van der Waals surface area contributed by atoms with Gasteiger partial charge in [-0.3, -0.25) is 0 Å². The second-order valence-corrected chi connectivity index (χ2v) is 3.72. The first-order valence-corrected chi connectivity index (χ1v) is 5.49. The van der Waals surface area contributed by atoms with Crippen molar-refractivity contribution in [2.45, 2.75) is 12.2 Å². The first-order chi connectivity index (χ1) is 9.41. The molecule has 0 saturated heterocycles. The first-order valence-electron chi connectivity index (χ1n) is 5.49. The van der Waals surface area contributed by atoms with E-state index in [4.69, 9.17) is 15.3 Å². The van der Waals surface area contributed by atoms with E-state index in [1.165, 1.54) is 6.08 Å². The number of benzene rings is 1. The Morgan fingerprint density at radius 3 is 2.15 bits per heavy atom. The molecule has 0 aliphatic heterocycles. The average Bonchev–Trinajstić information content (AvgIpc) is 2.42. The van der Waals surface area contributed by atoms with E-state index in [1.54, 1.807) is 30.3 Å². The molecule has 0 fully saturated rings. The van der Waals surface area contributed by atoms with E-state index >= 15 is 0 Å². The predicted octanol–water partition coefficient (Wildman–Crippen LogP) is 0.142. The maximum atomic E-state index is 11.4. The van der Waals surface area contributed by atoms with Crippen LogP contribution >= 0.6 is 0 Å². The topological polar surface area (TPSA) is 121 Å². The number of carbonyl (C=O) groups excluding carboxylic acids is 1. The molecular weight excluding hydrogens is 268 g/mol. The number of carboxylic acid groups (broad SMARTS) is 2. The molecule has 0 saturated carbocycles. The fraction of sp³-hybridized carbons (Fsp3) is 0.154. The summed E-state index contributed by atoms with van der Waals surface area (Å²) < 4.78 is 4.40. The lowest BCUT2D eigenvalue weighted by Crippen LogP contribution is -2.42. The second-order valence-electron chi connectivity index (χ2n) is 3.72. The highest BCUT2D eigenvalue weighted by atomic mass is 16.6. The van der Waals surface area contributed by atoms with E-state index in [9.17, 15) is 14.4 Å². The van der Waals surface area contributed by atoms with Crippen LogP contribution in [0.2, 0.25) is 0 Å². The minimum atomic E-state index is -2.33. The number of aliphatic carboxylic acids is 2. The van der Waals surface area contributed by atoms with Crippen LogP contribution in [0.25, 0.3) is 6.08 Å².